The van der Waals surface area contributed by atoms with Crippen LogP contribution in [0.1, 0.15) is 25.2 Å². The van der Waals surface area contributed by atoms with Crippen molar-refractivity contribution in [2.24, 2.45) is 0 Å². The highest BCUT2D eigenvalue weighted by atomic mass is 35.5. The van der Waals surface area contributed by atoms with Crippen molar-refractivity contribution in [3.63, 3.8) is 0 Å². The summed E-state index contributed by atoms with van der Waals surface area (Å²) in [7, 11) is 2.05. The highest BCUT2D eigenvalue weighted by Crippen LogP contribution is 2.28. The van der Waals surface area contributed by atoms with Crippen LogP contribution in [0.5, 0.6) is 0 Å². The molecule has 3 nitrogen and oxygen atoms in total. The van der Waals surface area contributed by atoms with Crippen molar-refractivity contribution < 1.29 is 4.42 Å². The average Bonchev–Trinajstić information content (AvgIpc) is 2.89. The molecule has 0 fully saturated rings. The lowest BCUT2D eigenvalue weighted by Crippen LogP contribution is -2.24. The van der Waals surface area contributed by atoms with Gasteiger partial charge >= 0.3 is 0 Å². The van der Waals surface area contributed by atoms with E-state index in [1.807, 2.05) is 31.3 Å². The Balaban J connectivity index is 2.19. The van der Waals surface area contributed by atoms with E-state index in [4.69, 9.17) is 16.0 Å². The molecule has 0 bridgehead atoms. The van der Waals surface area contributed by atoms with Crippen molar-refractivity contribution in [3.05, 3.63) is 52.9 Å². The number of halogens is 1. The largest absolute Gasteiger partial charge is 0.467 e. The maximum absolute atomic E-state index is 6.35. The number of nitrogens with zero attached hydrogens (tertiary/aromatic N) is 1. The van der Waals surface area contributed by atoms with Gasteiger partial charge in [-0.25, -0.2) is 0 Å². The predicted molar refractivity (Wildman–Crippen MR) is 84.2 cm³/mol. The second kappa shape index (κ2) is 6.82. The van der Waals surface area contributed by atoms with Gasteiger partial charge in [-0.2, -0.15) is 0 Å². The van der Waals surface area contributed by atoms with E-state index in [0.717, 1.165) is 35.1 Å². The zero-order valence-electron chi connectivity index (χ0n) is 12.2. The van der Waals surface area contributed by atoms with Gasteiger partial charge in [0.05, 0.1) is 12.8 Å². The van der Waals surface area contributed by atoms with E-state index in [2.05, 4.69) is 30.1 Å². The van der Waals surface area contributed by atoms with Crippen LogP contribution in [0.25, 0.3) is 0 Å². The van der Waals surface area contributed by atoms with Crippen LogP contribution in [-0.2, 0) is 13.1 Å². The monoisotopic (exact) mass is 292 g/mol. The summed E-state index contributed by atoms with van der Waals surface area (Å²) in [4.78, 5) is 2.15. The third kappa shape index (κ3) is 3.78. The van der Waals surface area contributed by atoms with Crippen LogP contribution in [-0.4, -0.2) is 13.1 Å². The fraction of sp³-hybridized carbons (Fsp3) is 0.375. The van der Waals surface area contributed by atoms with Crippen molar-refractivity contribution in [1.82, 2.24) is 5.32 Å². The fourth-order valence-corrected chi connectivity index (χ4v) is 2.34. The first-order valence-corrected chi connectivity index (χ1v) is 7.20. The standard InChI is InChI=1S/C16H21ClN2O/c1-12(2)18-10-14-15(17)7-4-8-16(14)19(3)11-13-6-5-9-20-13/h4-9,12,18H,10-11H2,1-3H3. The van der Waals surface area contributed by atoms with Gasteiger partial charge in [-0.05, 0) is 24.3 Å². The summed E-state index contributed by atoms with van der Waals surface area (Å²) in [5, 5.41) is 4.22. The number of hydrogen-bond donors (Lipinski definition) is 1. The molecule has 1 aromatic carbocycles. The van der Waals surface area contributed by atoms with E-state index in [0.29, 0.717) is 6.04 Å². The molecule has 108 valence electrons. The lowest BCUT2D eigenvalue weighted by Gasteiger charge is -2.23. The Kier molecular flexibility index (Phi) is 5.10. The Morgan fingerprint density at radius 3 is 2.70 bits per heavy atom. The minimum Gasteiger partial charge on any atom is -0.467 e. The van der Waals surface area contributed by atoms with Crippen LogP contribution in [0.3, 0.4) is 0 Å². The van der Waals surface area contributed by atoms with Crippen molar-refractivity contribution in [2.75, 3.05) is 11.9 Å². The Morgan fingerprint density at radius 2 is 2.05 bits per heavy atom. The first-order chi connectivity index (χ1) is 9.58. The lowest BCUT2D eigenvalue weighted by atomic mass is 10.1. The second-order valence-electron chi connectivity index (χ2n) is 5.21. The van der Waals surface area contributed by atoms with E-state index < -0.39 is 0 Å². The van der Waals surface area contributed by atoms with E-state index in [9.17, 15) is 0 Å². The zero-order chi connectivity index (χ0) is 14.5. The highest BCUT2D eigenvalue weighted by Gasteiger charge is 2.12. The number of nitrogens with one attached hydrogen (secondary N) is 1. The van der Waals surface area contributed by atoms with Crippen LogP contribution in [0, 0.1) is 0 Å². The topological polar surface area (TPSA) is 28.4 Å². The maximum Gasteiger partial charge on any atom is 0.123 e. The quantitative estimate of drug-likeness (QED) is 0.870. The Hall–Kier alpha value is -1.45. The molecule has 0 amide bonds. The van der Waals surface area contributed by atoms with Crippen LogP contribution in [0.4, 0.5) is 5.69 Å². The molecule has 1 aromatic heterocycles. The third-order valence-corrected chi connectivity index (χ3v) is 3.52. The first kappa shape index (κ1) is 14.9. The minimum atomic E-state index is 0.425. The molecule has 2 rings (SSSR count). The number of hydrogen-bond acceptors (Lipinski definition) is 3. The van der Waals surface area contributed by atoms with E-state index >= 15 is 0 Å². The smallest absolute Gasteiger partial charge is 0.123 e. The summed E-state index contributed by atoms with van der Waals surface area (Å²) in [5.74, 6) is 0.940. The SMILES string of the molecule is CC(C)NCc1c(Cl)cccc1N(C)Cc1ccco1. The zero-order valence-corrected chi connectivity index (χ0v) is 12.9. The van der Waals surface area contributed by atoms with E-state index in [1.165, 1.54) is 0 Å². The summed E-state index contributed by atoms with van der Waals surface area (Å²) in [6.45, 7) is 5.74. The summed E-state index contributed by atoms with van der Waals surface area (Å²) >= 11 is 6.35. The molecule has 0 radical (unpaired) electrons. The average molecular weight is 293 g/mol. The van der Waals surface area contributed by atoms with Crippen molar-refractivity contribution in [1.29, 1.82) is 0 Å². The second-order valence-corrected chi connectivity index (χ2v) is 5.62. The molecule has 0 unspecified atom stereocenters. The van der Waals surface area contributed by atoms with Crippen molar-refractivity contribution >= 4 is 17.3 Å². The molecule has 0 aliphatic carbocycles. The molecular formula is C16H21ClN2O. The number of anilines is 1. The van der Waals surface area contributed by atoms with Crippen molar-refractivity contribution in [2.45, 2.75) is 33.0 Å². The van der Waals surface area contributed by atoms with Crippen LogP contribution < -0.4 is 10.2 Å². The molecule has 20 heavy (non-hydrogen) atoms. The molecular weight excluding hydrogens is 272 g/mol. The minimum absolute atomic E-state index is 0.425. The third-order valence-electron chi connectivity index (χ3n) is 3.17. The fourth-order valence-electron chi connectivity index (χ4n) is 2.11. The molecule has 2 aromatic rings. The van der Waals surface area contributed by atoms with E-state index in [1.54, 1.807) is 6.26 Å². The summed E-state index contributed by atoms with van der Waals surface area (Å²) < 4.78 is 5.40. The summed E-state index contributed by atoms with van der Waals surface area (Å²) in [5.41, 5.74) is 2.25. The van der Waals surface area contributed by atoms with Gasteiger partial charge in [0.1, 0.15) is 5.76 Å². The summed E-state index contributed by atoms with van der Waals surface area (Å²) in [6, 6.07) is 10.3. The Bertz CT molecular complexity index is 537. The molecule has 0 saturated carbocycles. The molecule has 0 atom stereocenters. The molecule has 0 saturated heterocycles. The normalized spacial score (nSPS) is 11.1. The molecule has 4 heteroatoms. The molecule has 1 N–H and O–H groups in total. The first-order valence-electron chi connectivity index (χ1n) is 6.82. The van der Waals surface area contributed by atoms with E-state index in [-0.39, 0.29) is 0 Å². The molecule has 0 spiro atoms. The van der Waals surface area contributed by atoms with Gasteiger partial charge in [-0.1, -0.05) is 31.5 Å². The number of benzene rings is 1. The van der Waals surface area contributed by atoms with Crippen LogP contribution in [0.2, 0.25) is 5.02 Å². The van der Waals surface area contributed by atoms with Gasteiger partial charge in [0.25, 0.3) is 0 Å². The van der Waals surface area contributed by atoms with Gasteiger partial charge < -0.3 is 14.6 Å². The van der Waals surface area contributed by atoms with Crippen molar-refractivity contribution in [3.8, 4) is 0 Å². The van der Waals surface area contributed by atoms with Crippen LogP contribution in [0.15, 0.2) is 41.0 Å². The van der Waals surface area contributed by atoms with Gasteiger partial charge in [0.15, 0.2) is 0 Å². The Labute approximate surface area is 125 Å². The molecule has 0 aliphatic heterocycles. The van der Waals surface area contributed by atoms with Crippen LogP contribution >= 0.6 is 11.6 Å². The van der Waals surface area contributed by atoms with Gasteiger partial charge in [-0.3, -0.25) is 0 Å². The Morgan fingerprint density at radius 1 is 1.25 bits per heavy atom. The number of rotatable bonds is 6. The lowest BCUT2D eigenvalue weighted by molar-refractivity contribution is 0.507. The van der Waals surface area contributed by atoms with Gasteiger partial charge in [0, 0.05) is 35.9 Å². The summed E-state index contributed by atoms with van der Waals surface area (Å²) in [6.07, 6.45) is 1.70. The molecule has 1 heterocycles. The van der Waals surface area contributed by atoms with Gasteiger partial charge in [-0.15, -0.1) is 0 Å². The predicted octanol–water partition coefficient (Wildman–Crippen LogP) is 4.07. The number of furan rings is 1. The highest BCUT2D eigenvalue weighted by molar-refractivity contribution is 6.31. The molecule has 0 aliphatic rings. The maximum atomic E-state index is 6.35. The van der Waals surface area contributed by atoms with Gasteiger partial charge in [0.2, 0.25) is 0 Å².